The van der Waals surface area contributed by atoms with Crippen LogP contribution in [-0.4, -0.2) is 19.7 Å². The number of benzene rings is 3. The average Bonchev–Trinajstić information content (AvgIpc) is 2.76. The molecule has 0 atom stereocenters. The van der Waals surface area contributed by atoms with Crippen molar-refractivity contribution in [3.8, 4) is 28.3 Å². The van der Waals surface area contributed by atoms with Crippen LogP contribution in [0.1, 0.15) is 11.1 Å². The minimum absolute atomic E-state index is 0.154. The molecule has 0 aliphatic carbocycles. The second-order valence-electron chi connectivity index (χ2n) is 7.24. The van der Waals surface area contributed by atoms with E-state index in [2.05, 4.69) is 4.98 Å². The van der Waals surface area contributed by atoms with Gasteiger partial charge in [0, 0.05) is 23.4 Å². The molecule has 0 aliphatic rings. The summed E-state index contributed by atoms with van der Waals surface area (Å²) in [6.45, 7) is 0. The molecule has 0 saturated carbocycles. The summed E-state index contributed by atoms with van der Waals surface area (Å²) in [6.07, 6.45) is -2.31. The Labute approximate surface area is 182 Å². The summed E-state index contributed by atoms with van der Waals surface area (Å²) in [6, 6.07) is 19.1. The molecule has 4 nitrogen and oxygen atoms in total. The fourth-order valence-corrected chi connectivity index (χ4v) is 4.23. The Balaban J connectivity index is 1.91. The maximum atomic E-state index is 13.5. The number of nitriles is 1. The van der Waals surface area contributed by atoms with Crippen LogP contribution in [-0.2, 0) is 16.0 Å². The second-order valence-corrected chi connectivity index (χ2v) is 9.25. The lowest BCUT2D eigenvalue weighted by Gasteiger charge is -2.14. The first-order chi connectivity index (χ1) is 15.1. The van der Waals surface area contributed by atoms with Gasteiger partial charge in [-0.15, -0.1) is 0 Å². The normalized spacial score (nSPS) is 12.0. The molecule has 1 heterocycles. The van der Waals surface area contributed by atoms with Gasteiger partial charge in [-0.2, -0.15) is 18.4 Å². The number of pyridine rings is 1. The van der Waals surface area contributed by atoms with Crippen molar-refractivity contribution >= 4 is 20.7 Å². The highest BCUT2D eigenvalue weighted by Gasteiger charge is 2.33. The number of hydrogen-bond acceptors (Lipinski definition) is 4. The molecule has 32 heavy (non-hydrogen) atoms. The van der Waals surface area contributed by atoms with E-state index < -0.39 is 21.6 Å². The number of rotatable bonds is 3. The Morgan fingerprint density at radius 2 is 1.56 bits per heavy atom. The standard InChI is InChI=1S/C24H15F3N2O2S/c1-32(30,31)19-10-8-15(9-11-19)16-4-2-5-17(12-16)22-18(13-28)14-29-23-20(22)6-3-7-21(23)24(25,26)27/h2-12,14H,1H3. The summed E-state index contributed by atoms with van der Waals surface area (Å²) in [5.74, 6) is 0. The lowest BCUT2D eigenvalue weighted by molar-refractivity contribution is -0.136. The number of nitrogens with zero attached hydrogens (tertiary/aromatic N) is 2. The largest absolute Gasteiger partial charge is 0.418 e. The Hall–Kier alpha value is -3.70. The van der Waals surface area contributed by atoms with Crippen molar-refractivity contribution in [3.63, 3.8) is 0 Å². The number of para-hydroxylation sites is 1. The van der Waals surface area contributed by atoms with Gasteiger partial charge in [0.05, 0.1) is 21.5 Å². The zero-order chi connectivity index (χ0) is 23.1. The highest BCUT2D eigenvalue weighted by Crippen LogP contribution is 2.39. The van der Waals surface area contributed by atoms with E-state index in [4.69, 9.17) is 0 Å². The van der Waals surface area contributed by atoms with Crippen molar-refractivity contribution in [2.75, 3.05) is 6.26 Å². The summed E-state index contributed by atoms with van der Waals surface area (Å²) in [7, 11) is -3.34. The molecule has 4 aromatic rings. The zero-order valence-electron chi connectivity index (χ0n) is 16.7. The van der Waals surface area contributed by atoms with Gasteiger partial charge < -0.3 is 0 Å². The molecule has 0 fully saturated rings. The number of alkyl halides is 3. The molecule has 3 aromatic carbocycles. The van der Waals surface area contributed by atoms with Crippen molar-refractivity contribution in [3.05, 3.63) is 84.1 Å². The summed E-state index contributed by atoms with van der Waals surface area (Å²) in [5, 5.41) is 9.82. The fourth-order valence-electron chi connectivity index (χ4n) is 3.60. The number of aromatic nitrogens is 1. The molecule has 0 saturated heterocycles. The third-order valence-electron chi connectivity index (χ3n) is 5.09. The SMILES string of the molecule is CS(=O)(=O)c1ccc(-c2cccc(-c3c(C#N)cnc4c(C(F)(F)F)cccc34)c2)cc1. The van der Waals surface area contributed by atoms with E-state index in [1.807, 2.05) is 6.07 Å². The van der Waals surface area contributed by atoms with Gasteiger partial charge in [-0.1, -0.05) is 42.5 Å². The van der Waals surface area contributed by atoms with Gasteiger partial charge in [0.15, 0.2) is 9.84 Å². The topological polar surface area (TPSA) is 70.8 Å². The minimum Gasteiger partial charge on any atom is -0.254 e. The molecule has 0 N–H and O–H groups in total. The number of sulfone groups is 1. The van der Waals surface area contributed by atoms with Crippen molar-refractivity contribution in [2.24, 2.45) is 0 Å². The van der Waals surface area contributed by atoms with Crippen LogP contribution in [0.2, 0.25) is 0 Å². The predicted molar refractivity (Wildman–Crippen MR) is 115 cm³/mol. The second kappa shape index (κ2) is 7.77. The number of halogens is 3. The van der Waals surface area contributed by atoms with Gasteiger partial charge in [0.1, 0.15) is 6.07 Å². The smallest absolute Gasteiger partial charge is 0.254 e. The first-order valence-corrected chi connectivity index (χ1v) is 11.3. The highest BCUT2D eigenvalue weighted by atomic mass is 32.2. The Kier molecular flexibility index (Phi) is 5.23. The summed E-state index contributed by atoms with van der Waals surface area (Å²) in [5.41, 5.74) is 1.43. The first-order valence-electron chi connectivity index (χ1n) is 9.39. The van der Waals surface area contributed by atoms with Gasteiger partial charge in [0.25, 0.3) is 0 Å². The van der Waals surface area contributed by atoms with Crippen LogP contribution >= 0.6 is 0 Å². The number of hydrogen-bond donors (Lipinski definition) is 0. The summed E-state index contributed by atoms with van der Waals surface area (Å²) >= 11 is 0. The number of fused-ring (bicyclic) bond motifs is 1. The van der Waals surface area contributed by atoms with Crippen molar-refractivity contribution in [2.45, 2.75) is 11.1 Å². The first kappa shape index (κ1) is 21.5. The summed E-state index contributed by atoms with van der Waals surface area (Å²) < 4.78 is 63.9. The molecule has 4 rings (SSSR count). The Bertz CT molecular complexity index is 1490. The van der Waals surface area contributed by atoms with Gasteiger partial charge in [0.2, 0.25) is 0 Å². The third-order valence-corrected chi connectivity index (χ3v) is 6.22. The minimum atomic E-state index is -4.58. The van der Waals surface area contributed by atoms with Crippen molar-refractivity contribution in [1.29, 1.82) is 5.26 Å². The molecule has 0 unspecified atom stereocenters. The van der Waals surface area contributed by atoms with Crippen molar-refractivity contribution < 1.29 is 21.6 Å². The fraction of sp³-hybridized carbons (Fsp3) is 0.0833. The maximum absolute atomic E-state index is 13.5. The molecule has 0 bridgehead atoms. The molecular weight excluding hydrogens is 437 g/mol. The predicted octanol–water partition coefficient (Wildman–Crippen LogP) is 5.86. The van der Waals surface area contributed by atoms with Crippen LogP contribution in [0.4, 0.5) is 13.2 Å². The van der Waals surface area contributed by atoms with E-state index in [9.17, 15) is 26.9 Å². The van der Waals surface area contributed by atoms with Crippen LogP contribution < -0.4 is 0 Å². The van der Waals surface area contributed by atoms with E-state index in [-0.39, 0.29) is 21.4 Å². The van der Waals surface area contributed by atoms with Gasteiger partial charge in [-0.05, 0) is 41.0 Å². The maximum Gasteiger partial charge on any atom is 0.418 e. The quantitative estimate of drug-likeness (QED) is 0.390. The lowest BCUT2D eigenvalue weighted by Crippen LogP contribution is -2.07. The van der Waals surface area contributed by atoms with E-state index in [1.54, 1.807) is 36.4 Å². The Morgan fingerprint density at radius 1 is 0.906 bits per heavy atom. The Morgan fingerprint density at radius 3 is 2.19 bits per heavy atom. The van der Waals surface area contributed by atoms with Crippen LogP contribution in [0.3, 0.4) is 0 Å². The van der Waals surface area contributed by atoms with Gasteiger partial charge in [-0.3, -0.25) is 4.98 Å². The van der Waals surface area contributed by atoms with Crippen LogP contribution in [0.5, 0.6) is 0 Å². The molecule has 0 spiro atoms. The molecular formula is C24H15F3N2O2S. The molecule has 160 valence electrons. The van der Waals surface area contributed by atoms with Crippen LogP contribution in [0.25, 0.3) is 33.2 Å². The lowest BCUT2D eigenvalue weighted by atomic mass is 9.93. The molecule has 1 aromatic heterocycles. The van der Waals surface area contributed by atoms with Crippen molar-refractivity contribution in [1.82, 2.24) is 4.98 Å². The van der Waals surface area contributed by atoms with Crippen LogP contribution in [0.15, 0.2) is 77.8 Å². The molecule has 0 radical (unpaired) electrons. The van der Waals surface area contributed by atoms with E-state index in [0.717, 1.165) is 29.6 Å². The van der Waals surface area contributed by atoms with Gasteiger partial charge >= 0.3 is 6.18 Å². The average molecular weight is 452 g/mol. The summed E-state index contributed by atoms with van der Waals surface area (Å²) in [4.78, 5) is 4.10. The molecule has 0 aliphatic heterocycles. The van der Waals surface area contributed by atoms with E-state index in [0.29, 0.717) is 11.1 Å². The van der Waals surface area contributed by atoms with Gasteiger partial charge in [-0.25, -0.2) is 8.42 Å². The van der Waals surface area contributed by atoms with E-state index in [1.165, 1.54) is 24.3 Å². The molecule has 0 amide bonds. The van der Waals surface area contributed by atoms with E-state index >= 15 is 0 Å². The highest BCUT2D eigenvalue weighted by molar-refractivity contribution is 7.90. The zero-order valence-corrected chi connectivity index (χ0v) is 17.5. The van der Waals surface area contributed by atoms with Crippen LogP contribution in [0, 0.1) is 11.3 Å². The molecule has 8 heteroatoms. The third kappa shape index (κ3) is 3.95. The monoisotopic (exact) mass is 452 g/mol.